The number of aliphatic hydroxyl groups is 2. The summed E-state index contributed by atoms with van der Waals surface area (Å²) < 4.78 is 1.66. The van der Waals surface area contributed by atoms with Crippen LogP contribution in [0.1, 0.15) is 46.6 Å². The van der Waals surface area contributed by atoms with Crippen molar-refractivity contribution in [2.45, 2.75) is 31.2 Å². The first-order chi connectivity index (χ1) is 12.5. The van der Waals surface area contributed by atoms with E-state index in [4.69, 9.17) is 5.26 Å². The minimum Gasteiger partial charge on any atom is -0.394 e. The lowest BCUT2D eigenvalue weighted by Gasteiger charge is -2.25. The maximum Gasteiger partial charge on any atom is 0.272 e. The minimum atomic E-state index is -1.12. The summed E-state index contributed by atoms with van der Waals surface area (Å²) in [4.78, 5) is 17.1. The summed E-state index contributed by atoms with van der Waals surface area (Å²) in [6, 6.07) is 5.36. The fourth-order valence-corrected chi connectivity index (χ4v) is 3.54. The third-order valence-electron chi connectivity index (χ3n) is 5.18. The van der Waals surface area contributed by atoms with E-state index < -0.39 is 11.4 Å². The van der Waals surface area contributed by atoms with Crippen LogP contribution in [0.4, 0.5) is 0 Å². The molecule has 3 N–H and O–H groups in total. The molecule has 0 aliphatic heterocycles. The number of hydrogen-bond acceptors (Lipinski definition) is 6. The Labute approximate surface area is 150 Å². The molecule has 1 fully saturated rings. The molecule has 8 nitrogen and oxygen atoms in total. The summed E-state index contributed by atoms with van der Waals surface area (Å²) in [7, 11) is 0. The molecule has 0 saturated heterocycles. The Bertz CT molecular complexity index is 925. The lowest BCUT2D eigenvalue weighted by molar-refractivity contribution is 0.0718. The van der Waals surface area contributed by atoms with Gasteiger partial charge in [0.15, 0.2) is 11.5 Å². The quantitative estimate of drug-likeness (QED) is 0.709. The molecule has 2 aromatic rings. The molecule has 1 amide bonds. The number of aromatic nitrogens is 3. The standard InChI is InChI=1S/C18H19N5O3/c1-18(8-24,9-25)21-17(26)15-13-6-11-5-12(11)16(13)23(22-15)14-4-10(7-19)2-3-20-14/h2-4,11-12,24-25H,5-6,8-9H2,1H3,(H,21,26). The van der Waals surface area contributed by atoms with Gasteiger partial charge in [-0.25, -0.2) is 9.67 Å². The van der Waals surface area contributed by atoms with Crippen molar-refractivity contribution in [3.8, 4) is 11.9 Å². The third kappa shape index (κ3) is 2.57. The van der Waals surface area contributed by atoms with Gasteiger partial charge in [0.2, 0.25) is 0 Å². The predicted octanol–water partition coefficient (Wildman–Crippen LogP) is 0.272. The van der Waals surface area contributed by atoms with Gasteiger partial charge in [-0.05, 0) is 31.7 Å². The van der Waals surface area contributed by atoms with Crippen LogP contribution in [0, 0.1) is 17.2 Å². The minimum absolute atomic E-state index is 0.296. The summed E-state index contributed by atoms with van der Waals surface area (Å²) in [6.45, 7) is 0.807. The van der Waals surface area contributed by atoms with E-state index in [2.05, 4.69) is 21.5 Å². The molecule has 0 aromatic carbocycles. The number of carbonyl (C=O) groups excluding carboxylic acids is 1. The van der Waals surface area contributed by atoms with Crippen LogP contribution in [0.2, 0.25) is 0 Å². The fourth-order valence-electron chi connectivity index (χ4n) is 3.54. The van der Waals surface area contributed by atoms with Crippen LogP contribution in [0.3, 0.4) is 0 Å². The molecule has 0 radical (unpaired) electrons. The maximum absolute atomic E-state index is 12.7. The molecule has 2 aromatic heterocycles. The van der Waals surface area contributed by atoms with E-state index in [9.17, 15) is 15.0 Å². The number of nitrogens with one attached hydrogen (secondary N) is 1. The van der Waals surface area contributed by atoms with Crippen LogP contribution >= 0.6 is 0 Å². The topological polar surface area (TPSA) is 124 Å². The van der Waals surface area contributed by atoms with Crippen molar-refractivity contribution in [1.29, 1.82) is 5.26 Å². The smallest absolute Gasteiger partial charge is 0.272 e. The van der Waals surface area contributed by atoms with E-state index in [0.29, 0.717) is 28.9 Å². The number of amides is 1. The first kappa shape index (κ1) is 16.7. The summed E-state index contributed by atoms with van der Waals surface area (Å²) in [5, 5.41) is 35.1. The highest BCUT2D eigenvalue weighted by Gasteiger charge is 2.50. The second-order valence-electron chi connectivity index (χ2n) is 7.28. The van der Waals surface area contributed by atoms with Gasteiger partial charge >= 0.3 is 0 Å². The molecule has 26 heavy (non-hydrogen) atoms. The van der Waals surface area contributed by atoms with E-state index in [1.807, 2.05) is 0 Å². The normalized spacial score (nSPS) is 20.2. The first-order valence-electron chi connectivity index (χ1n) is 8.52. The summed E-state index contributed by atoms with van der Waals surface area (Å²) in [6.07, 6.45) is 3.41. The van der Waals surface area contributed by atoms with Crippen molar-refractivity contribution < 1.29 is 15.0 Å². The molecule has 2 aliphatic carbocycles. The molecule has 4 rings (SSSR count). The lowest BCUT2D eigenvalue weighted by Crippen LogP contribution is -2.52. The molecular weight excluding hydrogens is 334 g/mol. The number of nitrogens with zero attached hydrogens (tertiary/aromatic N) is 4. The first-order valence-corrected chi connectivity index (χ1v) is 8.52. The molecule has 2 atom stereocenters. The number of nitriles is 1. The van der Waals surface area contributed by atoms with Crippen molar-refractivity contribution in [1.82, 2.24) is 20.1 Å². The highest BCUT2D eigenvalue weighted by atomic mass is 16.3. The Balaban J connectivity index is 1.75. The van der Waals surface area contributed by atoms with Gasteiger partial charge in [0.1, 0.15) is 0 Å². The zero-order chi connectivity index (χ0) is 18.5. The highest BCUT2D eigenvalue weighted by Crippen LogP contribution is 2.57. The van der Waals surface area contributed by atoms with Crippen molar-refractivity contribution in [3.63, 3.8) is 0 Å². The molecule has 134 valence electrons. The van der Waals surface area contributed by atoms with Crippen LogP contribution in [0.15, 0.2) is 18.3 Å². The highest BCUT2D eigenvalue weighted by molar-refractivity contribution is 5.95. The van der Waals surface area contributed by atoms with Gasteiger partial charge in [-0.3, -0.25) is 4.79 Å². The Morgan fingerprint density at radius 3 is 2.96 bits per heavy atom. The second kappa shape index (κ2) is 5.90. The fraction of sp³-hybridized carbons (Fsp3) is 0.444. The van der Waals surface area contributed by atoms with Gasteiger partial charge < -0.3 is 15.5 Å². The third-order valence-corrected chi connectivity index (χ3v) is 5.18. The number of carbonyl (C=O) groups is 1. The number of fused-ring (bicyclic) bond motifs is 3. The lowest BCUT2D eigenvalue weighted by atomic mass is 10.0. The van der Waals surface area contributed by atoms with E-state index >= 15 is 0 Å². The van der Waals surface area contributed by atoms with Gasteiger partial charge in [-0.2, -0.15) is 10.4 Å². The summed E-state index contributed by atoms with van der Waals surface area (Å²) in [5.74, 6) is 0.984. The number of rotatable bonds is 5. The largest absolute Gasteiger partial charge is 0.394 e. The molecule has 0 bridgehead atoms. The van der Waals surface area contributed by atoms with Crippen LogP contribution < -0.4 is 5.32 Å². The van der Waals surface area contributed by atoms with Gasteiger partial charge in [0, 0.05) is 23.7 Å². The van der Waals surface area contributed by atoms with E-state index in [1.54, 1.807) is 29.9 Å². The Morgan fingerprint density at radius 1 is 1.50 bits per heavy atom. The van der Waals surface area contributed by atoms with E-state index in [-0.39, 0.29) is 13.2 Å². The van der Waals surface area contributed by atoms with Crippen LogP contribution in [0.5, 0.6) is 0 Å². The van der Waals surface area contributed by atoms with Crippen LogP contribution in [-0.2, 0) is 6.42 Å². The maximum atomic E-state index is 12.7. The van der Waals surface area contributed by atoms with Gasteiger partial charge in [-0.1, -0.05) is 0 Å². The van der Waals surface area contributed by atoms with E-state index in [0.717, 1.165) is 24.1 Å². The van der Waals surface area contributed by atoms with Gasteiger partial charge in [0.25, 0.3) is 5.91 Å². The molecule has 1 saturated carbocycles. The monoisotopic (exact) mass is 353 g/mol. The molecule has 0 spiro atoms. The summed E-state index contributed by atoms with van der Waals surface area (Å²) >= 11 is 0. The number of pyridine rings is 1. The van der Waals surface area contributed by atoms with E-state index in [1.165, 1.54) is 0 Å². The Hall–Kier alpha value is -2.76. The average molecular weight is 353 g/mol. The van der Waals surface area contributed by atoms with Gasteiger partial charge in [-0.15, -0.1) is 0 Å². The summed E-state index contributed by atoms with van der Waals surface area (Å²) in [5.41, 5.74) is 1.53. The molecular formula is C18H19N5O3. The molecule has 2 aliphatic rings. The zero-order valence-corrected chi connectivity index (χ0v) is 14.3. The van der Waals surface area contributed by atoms with Crippen molar-refractivity contribution in [2.24, 2.45) is 5.92 Å². The zero-order valence-electron chi connectivity index (χ0n) is 14.3. The Kier molecular flexibility index (Phi) is 3.79. The number of hydrogen-bond donors (Lipinski definition) is 3. The van der Waals surface area contributed by atoms with Crippen LogP contribution in [0.25, 0.3) is 5.82 Å². The average Bonchev–Trinajstić information content (AvgIpc) is 3.16. The van der Waals surface area contributed by atoms with Crippen molar-refractivity contribution in [2.75, 3.05) is 13.2 Å². The number of aliphatic hydroxyl groups excluding tert-OH is 2. The molecule has 2 heterocycles. The SMILES string of the molecule is CC(CO)(CO)NC(=O)c1nn(-c2cc(C#N)ccn2)c2c1CC1CC21. The Morgan fingerprint density at radius 2 is 2.27 bits per heavy atom. The molecule has 8 heteroatoms. The second-order valence-corrected chi connectivity index (χ2v) is 7.28. The van der Waals surface area contributed by atoms with Crippen LogP contribution in [-0.4, -0.2) is 49.6 Å². The predicted molar refractivity (Wildman–Crippen MR) is 90.7 cm³/mol. The van der Waals surface area contributed by atoms with Crippen molar-refractivity contribution in [3.05, 3.63) is 40.8 Å². The van der Waals surface area contributed by atoms with Gasteiger partial charge in [0.05, 0.1) is 36.1 Å². The van der Waals surface area contributed by atoms with Crippen molar-refractivity contribution >= 4 is 5.91 Å². The molecule has 2 unspecified atom stereocenters.